The van der Waals surface area contributed by atoms with Crippen molar-refractivity contribution in [3.05, 3.63) is 44.3 Å². The minimum absolute atomic E-state index is 0.0649. The standard InChI is InChI=1S/C13H14BrN3OS/c14-10-3-8-1-2-18-13(8)9(4-10)5-11(17-15)12-6-16-7-19-12/h3-4,6-7,11,17H,1-2,5,15H2. The molecule has 1 aromatic heterocycles. The third-order valence-corrected chi connectivity index (χ3v) is 4.59. The molecule has 0 bridgehead atoms. The van der Waals surface area contributed by atoms with Gasteiger partial charge in [0.05, 0.1) is 18.2 Å². The Morgan fingerprint density at radius 2 is 2.42 bits per heavy atom. The van der Waals surface area contributed by atoms with E-state index in [1.54, 1.807) is 11.3 Å². The number of halogens is 1. The summed E-state index contributed by atoms with van der Waals surface area (Å²) in [6.07, 6.45) is 3.62. The van der Waals surface area contributed by atoms with Crippen LogP contribution < -0.4 is 16.0 Å². The van der Waals surface area contributed by atoms with E-state index >= 15 is 0 Å². The fourth-order valence-corrected chi connectivity index (χ4v) is 3.59. The molecule has 1 aliphatic rings. The van der Waals surface area contributed by atoms with E-state index in [-0.39, 0.29) is 6.04 Å². The van der Waals surface area contributed by atoms with Crippen LogP contribution in [0.25, 0.3) is 0 Å². The third kappa shape index (κ3) is 2.67. The monoisotopic (exact) mass is 339 g/mol. The second kappa shape index (κ2) is 5.58. The first-order chi connectivity index (χ1) is 9.28. The molecule has 0 amide bonds. The molecule has 0 fully saturated rings. The molecule has 0 radical (unpaired) electrons. The number of ether oxygens (including phenoxy) is 1. The molecule has 3 N–H and O–H groups in total. The lowest BCUT2D eigenvalue weighted by molar-refractivity contribution is 0.351. The van der Waals surface area contributed by atoms with Gasteiger partial charge in [0, 0.05) is 22.0 Å². The van der Waals surface area contributed by atoms with Crippen LogP contribution in [0.4, 0.5) is 0 Å². The van der Waals surface area contributed by atoms with Gasteiger partial charge in [-0.15, -0.1) is 11.3 Å². The smallest absolute Gasteiger partial charge is 0.125 e. The van der Waals surface area contributed by atoms with Crippen molar-refractivity contribution in [1.82, 2.24) is 10.4 Å². The predicted molar refractivity (Wildman–Crippen MR) is 79.2 cm³/mol. The summed E-state index contributed by atoms with van der Waals surface area (Å²) >= 11 is 5.17. The maximum Gasteiger partial charge on any atom is 0.125 e. The normalized spacial score (nSPS) is 15.1. The first kappa shape index (κ1) is 13.1. The summed E-state index contributed by atoms with van der Waals surface area (Å²) in [5.74, 6) is 6.69. The number of hydrazine groups is 1. The molecule has 0 saturated heterocycles. The molecule has 6 heteroatoms. The van der Waals surface area contributed by atoms with Gasteiger partial charge in [-0.05, 0) is 29.7 Å². The lowest BCUT2D eigenvalue weighted by Gasteiger charge is -2.16. The number of nitrogens with zero attached hydrogens (tertiary/aromatic N) is 1. The maximum absolute atomic E-state index is 5.75. The molecule has 4 nitrogen and oxygen atoms in total. The average Bonchev–Trinajstić information content (AvgIpc) is 3.05. The minimum atomic E-state index is 0.0649. The SMILES string of the molecule is NNC(Cc1cc(Br)cc2c1OCC2)c1cncs1. The van der Waals surface area contributed by atoms with Gasteiger partial charge < -0.3 is 4.74 Å². The van der Waals surface area contributed by atoms with Gasteiger partial charge in [0.25, 0.3) is 0 Å². The van der Waals surface area contributed by atoms with E-state index in [9.17, 15) is 0 Å². The topological polar surface area (TPSA) is 60.2 Å². The quantitative estimate of drug-likeness (QED) is 0.663. The van der Waals surface area contributed by atoms with Crippen molar-refractivity contribution in [2.45, 2.75) is 18.9 Å². The van der Waals surface area contributed by atoms with Gasteiger partial charge in [-0.2, -0.15) is 0 Å². The first-order valence-electron chi connectivity index (χ1n) is 6.06. The molecule has 1 aliphatic heterocycles. The third-order valence-electron chi connectivity index (χ3n) is 3.25. The number of nitrogens with two attached hydrogens (primary N) is 1. The van der Waals surface area contributed by atoms with E-state index in [2.05, 4.69) is 38.5 Å². The second-order valence-corrected chi connectivity index (χ2v) is 6.31. The van der Waals surface area contributed by atoms with E-state index < -0.39 is 0 Å². The van der Waals surface area contributed by atoms with E-state index in [1.165, 1.54) is 11.1 Å². The molecule has 0 aliphatic carbocycles. The number of thiazole rings is 1. The van der Waals surface area contributed by atoms with Gasteiger partial charge in [0.15, 0.2) is 0 Å². The van der Waals surface area contributed by atoms with Crippen LogP contribution in [0.1, 0.15) is 22.0 Å². The fraction of sp³-hybridized carbons (Fsp3) is 0.308. The Labute approximate surface area is 124 Å². The van der Waals surface area contributed by atoms with Crippen molar-refractivity contribution in [3.8, 4) is 5.75 Å². The van der Waals surface area contributed by atoms with E-state index in [1.807, 2.05) is 11.7 Å². The Hall–Kier alpha value is -0.950. The minimum Gasteiger partial charge on any atom is -0.493 e. The van der Waals surface area contributed by atoms with Crippen LogP contribution in [0.5, 0.6) is 5.75 Å². The highest BCUT2D eigenvalue weighted by atomic mass is 79.9. The molecule has 1 atom stereocenters. The van der Waals surface area contributed by atoms with E-state index in [0.29, 0.717) is 0 Å². The highest BCUT2D eigenvalue weighted by molar-refractivity contribution is 9.10. The molecular formula is C13H14BrN3OS. The summed E-state index contributed by atoms with van der Waals surface area (Å²) < 4.78 is 6.84. The second-order valence-electron chi connectivity index (χ2n) is 4.48. The fourth-order valence-electron chi connectivity index (χ4n) is 2.36. The molecule has 3 rings (SSSR count). The van der Waals surface area contributed by atoms with Crippen LogP contribution in [0.2, 0.25) is 0 Å². The van der Waals surface area contributed by atoms with Gasteiger partial charge in [0.2, 0.25) is 0 Å². The Balaban J connectivity index is 1.90. The number of benzene rings is 1. The zero-order valence-corrected chi connectivity index (χ0v) is 12.6. The van der Waals surface area contributed by atoms with E-state index in [0.717, 1.165) is 34.5 Å². The number of fused-ring (bicyclic) bond motifs is 1. The summed E-state index contributed by atoms with van der Waals surface area (Å²) in [6, 6.07) is 4.30. The number of rotatable bonds is 4. The molecule has 100 valence electrons. The van der Waals surface area contributed by atoms with Gasteiger partial charge in [0.1, 0.15) is 5.75 Å². The summed E-state index contributed by atoms with van der Waals surface area (Å²) in [5, 5.41) is 0. The van der Waals surface area contributed by atoms with Gasteiger partial charge in [-0.3, -0.25) is 16.3 Å². The maximum atomic E-state index is 5.75. The lowest BCUT2D eigenvalue weighted by Crippen LogP contribution is -2.29. The molecule has 1 unspecified atom stereocenters. The molecular weight excluding hydrogens is 326 g/mol. The molecule has 19 heavy (non-hydrogen) atoms. The van der Waals surface area contributed by atoms with Crippen LogP contribution >= 0.6 is 27.3 Å². The van der Waals surface area contributed by atoms with Crippen LogP contribution in [0.3, 0.4) is 0 Å². The molecule has 2 aromatic rings. The van der Waals surface area contributed by atoms with Crippen molar-refractivity contribution in [2.75, 3.05) is 6.61 Å². The molecule has 1 aromatic carbocycles. The van der Waals surface area contributed by atoms with Crippen molar-refractivity contribution >= 4 is 27.3 Å². The van der Waals surface area contributed by atoms with Gasteiger partial charge in [-0.25, -0.2) is 0 Å². The predicted octanol–water partition coefficient (Wildman–Crippen LogP) is 2.59. The number of aromatic nitrogens is 1. The summed E-state index contributed by atoms with van der Waals surface area (Å²) in [6.45, 7) is 0.764. The Morgan fingerprint density at radius 3 is 3.16 bits per heavy atom. The van der Waals surface area contributed by atoms with Gasteiger partial charge in [-0.1, -0.05) is 15.9 Å². The van der Waals surface area contributed by atoms with E-state index in [4.69, 9.17) is 10.6 Å². The Morgan fingerprint density at radius 1 is 1.53 bits per heavy atom. The largest absolute Gasteiger partial charge is 0.493 e. The summed E-state index contributed by atoms with van der Waals surface area (Å²) in [5.41, 5.74) is 7.13. The van der Waals surface area contributed by atoms with Crippen molar-refractivity contribution in [3.63, 3.8) is 0 Å². The van der Waals surface area contributed by atoms with Crippen molar-refractivity contribution in [2.24, 2.45) is 5.84 Å². The van der Waals surface area contributed by atoms with Crippen molar-refractivity contribution < 1.29 is 4.74 Å². The van der Waals surface area contributed by atoms with Gasteiger partial charge >= 0.3 is 0 Å². The first-order valence-corrected chi connectivity index (χ1v) is 7.74. The Kier molecular flexibility index (Phi) is 3.83. The Bertz CT molecular complexity index is 574. The summed E-state index contributed by atoms with van der Waals surface area (Å²) in [7, 11) is 0. The van der Waals surface area contributed by atoms with Crippen molar-refractivity contribution in [1.29, 1.82) is 0 Å². The van der Waals surface area contributed by atoms with Crippen LogP contribution in [-0.4, -0.2) is 11.6 Å². The molecule has 0 spiro atoms. The molecule has 0 saturated carbocycles. The number of hydrogen-bond acceptors (Lipinski definition) is 5. The lowest BCUT2D eigenvalue weighted by atomic mass is 10.0. The molecule has 2 heterocycles. The van der Waals surface area contributed by atoms with Crippen LogP contribution in [-0.2, 0) is 12.8 Å². The summed E-state index contributed by atoms with van der Waals surface area (Å²) in [4.78, 5) is 5.24. The van der Waals surface area contributed by atoms with Crippen LogP contribution in [0, 0.1) is 0 Å². The average molecular weight is 340 g/mol. The highest BCUT2D eigenvalue weighted by Crippen LogP contribution is 2.35. The number of hydrogen-bond donors (Lipinski definition) is 2. The zero-order chi connectivity index (χ0) is 13.2. The number of nitrogens with one attached hydrogen (secondary N) is 1. The highest BCUT2D eigenvalue weighted by Gasteiger charge is 2.21. The zero-order valence-electron chi connectivity index (χ0n) is 10.2. The van der Waals surface area contributed by atoms with Crippen LogP contribution in [0.15, 0.2) is 28.3 Å².